The lowest BCUT2D eigenvalue weighted by Crippen LogP contribution is -2.41. The number of hydrogen-bond donors (Lipinski definition) is 0. The molecule has 1 aromatic heterocycles. The number of esters is 1. The molecule has 5 heteroatoms. The van der Waals surface area contributed by atoms with Crippen molar-refractivity contribution in [2.75, 3.05) is 20.2 Å². The molecule has 0 radical (unpaired) electrons. The van der Waals surface area contributed by atoms with E-state index in [0.29, 0.717) is 12.1 Å². The van der Waals surface area contributed by atoms with Crippen LogP contribution >= 0.6 is 0 Å². The SMILES string of the molecule is COC(=O)CN1CCc2cc(C)ncc2C1=O. The summed E-state index contributed by atoms with van der Waals surface area (Å²) in [4.78, 5) is 28.8. The van der Waals surface area contributed by atoms with Gasteiger partial charge in [0.1, 0.15) is 6.54 Å². The molecule has 0 atom stereocenters. The summed E-state index contributed by atoms with van der Waals surface area (Å²) in [5.74, 6) is -0.550. The quantitative estimate of drug-likeness (QED) is 0.702. The van der Waals surface area contributed by atoms with E-state index in [9.17, 15) is 9.59 Å². The molecule has 0 N–H and O–H groups in total. The highest BCUT2D eigenvalue weighted by atomic mass is 16.5. The Balaban J connectivity index is 2.21. The molecule has 90 valence electrons. The Morgan fingerprint density at radius 3 is 3.06 bits per heavy atom. The Kier molecular flexibility index (Phi) is 3.08. The van der Waals surface area contributed by atoms with Crippen LogP contribution in [-0.2, 0) is 16.0 Å². The third-order valence-electron chi connectivity index (χ3n) is 2.84. The maximum absolute atomic E-state index is 12.1. The summed E-state index contributed by atoms with van der Waals surface area (Å²) in [5.41, 5.74) is 2.49. The van der Waals surface area contributed by atoms with E-state index in [-0.39, 0.29) is 12.5 Å². The van der Waals surface area contributed by atoms with Crippen molar-refractivity contribution in [3.8, 4) is 0 Å². The number of pyridine rings is 1. The van der Waals surface area contributed by atoms with Crippen LogP contribution in [0, 0.1) is 6.92 Å². The van der Waals surface area contributed by atoms with E-state index >= 15 is 0 Å². The molecule has 1 aliphatic rings. The van der Waals surface area contributed by atoms with Crippen molar-refractivity contribution in [2.24, 2.45) is 0 Å². The molecule has 17 heavy (non-hydrogen) atoms. The smallest absolute Gasteiger partial charge is 0.325 e. The summed E-state index contributed by atoms with van der Waals surface area (Å²) in [7, 11) is 1.32. The van der Waals surface area contributed by atoms with Crippen LogP contribution in [0.1, 0.15) is 21.6 Å². The van der Waals surface area contributed by atoms with Gasteiger partial charge in [-0.05, 0) is 25.0 Å². The molecule has 5 nitrogen and oxygen atoms in total. The Morgan fingerprint density at radius 1 is 1.59 bits per heavy atom. The van der Waals surface area contributed by atoms with Crippen molar-refractivity contribution < 1.29 is 14.3 Å². The number of fused-ring (bicyclic) bond motifs is 1. The van der Waals surface area contributed by atoms with E-state index in [2.05, 4.69) is 9.72 Å². The van der Waals surface area contributed by atoms with Crippen LogP contribution in [0.5, 0.6) is 0 Å². The molecule has 0 saturated heterocycles. The molecule has 1 amide bonds. The average Bonchev–Trinajstić information content (AvgIpc) is 2.32. The summed E-state index contributed by atoms with van der Waals surface area (Å²) in [6.45, 7) is 2.44. The van der Waals surface area contributed by atoms with E-state index in [4.69, 9.17) is 0 Å². The van der Waals surface area contributed by atoms with Gasteiger partial charge in [0.15, 0.2) is 0 Å². The van der Waals surface area contributed by atoms with Gasteiger partial charge in [-0.2, -0.15) is 0 Å². The molecular weight excluding hydrogens is 220 g/mol. The zero-order valence-corrected chi connectivity index (χ0v) is 9.90. The van der Waals surface area contributed by atoms with Gasteiger partial charge in [-0.25, -0.2) is 0 Å². The lowest BCUT2D eigenvalue weighted by Gasteiger charge is -2.27. The highest BCUT2D eigenvalue weighted by Crippen LogP contribution is 2.18. The van der Waals surface area contributed by atoms with Gasteiger partial charge >= 0.3 is 5.97 Å². The number of aromatic nitrogens is 1. The molecule has 0 unspecified atom stereocenters. The molecule has 0 aromatic carbocycles. The van der Waals surface area contributed by atoms with Crippen LogP contribution in [0.15, 0.2) is 12.3 Å². The van der Waals surface area contributed by atoms with Gasteiger partial charge in [0.2, 0.25) is 0 Å². The van der Waals surface area contributed by atoms with Gasteiger partial charge in [-0.3, -0.25) is 14.6 Å². The number of aryl methyl sites for hydroxylation is 1. The predicted molar refractivity (Wildman–Crippen MR) is 60.6 cm³/mol. The van der Waals surface area contributed by atoms with E-state index in [1.54, 1.807) is 6.20 Å². The average molecular weight is 234 g/mol. The van der Waals surface area contributed by atoms with Gasteiger partial charge in [0, 0.05) is 18.4 Å². The van der Waals surface area contributed by atoms with E-state index in [1.807, 2.05) is 13.0 Å². The fraction of sp³-hybridized carbons (Fsp3) is 0.417. The molecule has 0 fully saturated rings. The van der Waals surface area contributed by atoms with Gasteiger partial charge in [-0.1, -0.05) is 0 Å². The first-order chi connectivity index (χ1) is 8.11. The van der Waals surface area contributed by atoms with Crippen molar-refractivity contribution in [1.82, 2.24) is 9.88 Å². The number of amides is 1. The van der Waals surface area contributed by atoms with Crippen LogP contribution in [0.25, 0.3) is 0 Å². The highest BCUT2D eigenvalue weighted by Gasteiger charge is 2.26. The van der Waals surface area contributed by atoms with Gasteiger partial charge in [0.05, 0.1) is 12.7 Å². The first-order valence-corrected chi connectivity index (χ1v) is 5.43. The summed E-state index contributed by atoms with van der Waals surface area (Å²) in [6.07, 6.45) is 2.33. The van der Waals surface area contributed by atoms with Gasteiger partial charge < -0.3 is 9.64 Å². The van der Waals surface area contributed by atoms with Crippen LogP contribution in [0.2, 0.25) is 0 Å². The Bertz CT molecular complexity index is 471. The van der Waals surface area contributed by atoms with Crippen molar-refractivity contribution in [2.45, 2.75) is 13.3 Å². The van der Waals surface area contributed by atoms with Crippen LogP contribution in [-0.4, -0.2) is 42.0 Å². The normalized spacial score (nSPS) is 14.5. The van der Waals surface area contributed by atoms with Crippen LogP contribution in [0.3, 0.4) is 0 Å². The molecule has 0 saturated carbocycles. The van der Waals surface area contributed by atoms with E-state index < -0.39 is 5.97 Å². The van der Waals surface area contributed by atoms with Gasteiger partial charge in [-0.15, -0.1) is 0 Å². The summed E-state index contributed by atoms with van der Waals surface area (Å²) >= 11 is 0. The lowest BCUT2D eigenvalue weighted by atomic mass is 10.0. The Morgan fingerprint density at radius 2 is 2.35 bits per heavy atom. The third kappa shape index (κ3) is 2.27. The second kappa shape index (κ2) is 4.53. The molecule has 2 rings (SSSR count). The number of hydrogen-bond acceptors (Lipinski definition) is 4. The monoisotopic (exact) mass is 234 g/mol. The Hall–Kier alpha value is -1.91. The largest absolute Gasteiger partial charge is 0.468 e. The summed E-state index contributed by atoms with van der Waals surface area (Å²) in [5, 5.41) is 0. The van der Waals surface area contributed by atoms with Crippen molar-refractivity contribution >= 4 is 11.9 Å². The fourth-order valence-electron chi connectivity index (χ4n) is 1.91. The molecule has 0 spiro atoms. The molecule has 1 aliphatic heterocycles. The number of ether oxygens (including phenoxy) is 1. The number of carbonyl (C=O) groups excluding carboxylic acids is 2. The number of nitrogens with zero attached hydrogens (tertiary/aromatic N) is 2. The zero-order chi connectivity index (χ0) is 12.4. The highest BCUT2D eigenvalue weighted by molar-refractivity contribution is 5.98. The second-order valence-electron chi connectivity index (χ2n) is 4.04. The van der Waals surface area contributed by atoms with Crippen molar-refractivity contribution in [3.63, 3.8) is 0 Å². The second-order valence-corrected chi connectivity index (χ2v) is 4.04. The zero-order valence-electron chi connectivity index (χ0n) is 9.90. The number of carbonyl (C=O) groups is 2. The first-order valence-electron chi connectivity index (χ1n) is 5.43. The number of rotatable bonds is 2. The Labute approximate surface area is 99.4 Å². The minimum atomic E-state index is -0.401. The molecule has 1 aromatic rings. The maximum Gasteiger partial charge on any atom is 0.325 e. The van der Waals surface area contributed by atoms with Crippen molar-refractivity contribution in [1.29, 1.82) is 0 Å². The summed E-state index contributed by atoms with van der Waals surface area (Å²) in [6, 6.07) is 1.92. The van der Waals surface area contributed by atoms with Crippen LogP contribution in [0.4, 0.5) is 0 Å². The topological polar surface area (TPSA) is 59.5 Å². The minimum Gasteiger partial charge on any atom is -0.468 e. The van der Waals surface area contributed by atoms with Crippen molar-refractivity contribution in [3.05, 3.63) is 29.1 Å². The summed E-state index contributed by atoms with van der Waals surface area (Å²) < 4.78 is 4.56. The molecule has 0 bridgehead atoms. The lowest BCUT2D eigenvalue weighted by molar-refractivity contribution is -0.141. The first kappa shape index (κ1) is 11.6. The minimum absolute atomic E-state index is 0.00263. The van der Waals surface area contributed by atoms with E-state index in [0.717, 1.165) is 17.7 Å². The third-order valence-corrected chi connectivity index (χ3v) is 2.84. The standard InChI is InChI=1S/C12H14N2O3/c1-8-5-9-3-4-14(7-11(15)17-2)12(16)10(9)6-13-8/h5-6H,3-4,7H2,1-2H3. The predicted octanol–water partition coefficient (Wildman–Crippen LogP) is 0.561. The number of methoxy groups -OCH3 is 1. The van der Waals surface area contributed by atoms with E-state index in [1.165, 1.54) is 12.0 Å². The molecule has 2 heterocycles. The molecular formula is C12H14N2O3. The fourth-order valence-corrected chi connectivity index (χ4v) is 1.91. The van der Waals surface area contributed by atoms with Crippen LogP contribution < -0.4 is 0 Å². The molecule has 0 aliphatic carbocycles. The van der Waals surface area contributed by atoms with Gasteiger partial charge in [0.25, 0.3) is 5.91 Å². The maximum atomic E-state index is 12.1.